The molecule has 0 aliphatic heterocycles. The number of carboxylic acids is 1. The van der Waals surface area contributed by atoms with Crippen LogP contribution in [0.4, 0.5) is 0 Å². The Morgan fingerprint density at radius 3 is 3.00 bits per heavy atom. The first-order valence-corrected chi connectivity index (χ1v) is 5.84. The SMILES string of the molecule is COCc1nc(-c2sccc2Cl)oc1C(=O)O. The molecule has 2 heterocycles. The van der Waals surface area contributed by atoms with Gasteiger partial charge in [0.1, 0.15) is 10.6 Å². The summed E-state index contributed by atoms with van der Waals surface area (Å²) in [5.41, 5.74) is 0.250. The molecule has 0 amide bonds. The Morgan fingerprint density at radius 2 is 2.47 bits per heavy atom. The Morgan fingerprint density at radius 1 is 1.71 bits per heavy atom. The van der Waals surface area contributed by atoms with Crippen LogP contribution in [0.25, 0.3) is 10.8 Å². The summed E-state index contributed by atoms with van der Waals surface area (Å²) in [5.74, 6) is -1.19. The molecule has 17 heavy (non-hydrogen) atoms. The fraction of sp³-hybridized carbons (Fsp3) is 0.200. The smallest absolute Gasteiger partial charge is 0.373 e. The minimum atomic E-state index is -1.18. The molecule has 2 aromatic rings. The molecule has 0 aliphatic carbocycles. The molecule has 0 radical (unpaired) electrons. The van der Waals surface area contributed by atoms with E-state index in [1.165, 1.54) is 18.4 Å². The van der Waals surface area contributed by atoms with Crippen LogP contribution < -0.4 is 0 Å². The summed E-state index contributed by atoms with van der Waals surface area (Å²) in [6.45, 7) is 0.0775. The van der Waals surface area contributed by atoms with Gasteiger partial charge in [-0.05, 0) is 11.4 Å². The zero-order chi connectivity index (χ0) is 12.4. The van der Waals surface area contributed by atoms with Crippen LogP contribution in [-0.4, -0.2) is 23.2 Å². The highest BCUT2D eigenvalue weighted by atomic mass is 35.5. The minimum Gasteiger partial charge on any atom is -0.475 e. The Kier molecular flexibility index (Phi) is 3.46. The first-order valence-electron chi connectivity index (χ1n) is 4.58. The van der Waals surface area contributed by atoms with Crippen LogP contribution in [0.2, 0.25) is 5.02 Å². The lowest BCUT2D eigenvalue weighted by atomic mass is 10.3. The quantitative estimate of drug-likeness (QED) is 0.927. The van der Waals surface area contributed by atoms with E-state index in [4.69, 9.17) is 25.9 Å². The van der Waals surface area contributed by atoms with Crippen LogP contribution in [0.5, 0.6) is 0 Å². The predicted octanol–water partition coefficient (Wildman–Crippen LogP) is 2.90. The second kappa shape index (κ2) is 4.87. The maximum absolute atomic E-state index is 10.9. The molecule has 0 fully saturated rings. The average Bonchev–Trinajstić information content (AvgIpc) is 2.84. The Balaban J connectivity index is 2.47. The van der Waals surface area contributed by atoms with Crippen molar-refractivity contribution in [2.24, 2.45) is 0 Å². The zero-order valence-corrected chi connectivity index (χ0v) is 10.3. The lowest BCUT2D eigenvalue weighted by Crippen LogP contribution is -2.00. The summed E-state index contributed by atoms with van der Waals surface area (Å²) in [6.07, 6.45) is 0. The van der Waals surface area contributed by atoms with Crippen molar-refractivity contribution in [1.82, 2.24) is 4.98 Å². The van der Waals surface area contributed by atoms with Crippen molar-refractivity contribution in [1.29, 1.82) is 0 Å². The number of methoxy groups -OCH3 is 1. The van der Waals surface area contributed by atoms with Crippen LogP contribution in [0.3, 0.4) is 0 Å². The molecule has 0 saturated carbocycles. The number of nitrogens with zero attached hydrogens (tertiary/aromatic N) is 1. The van der Waals surface area contributed by atoms with E-state index in [1.807, 2.05) is 0 Å². The van der Waals surface area contributed by atoms with E-state index in [2.05, 4.69) is 4.98 Å². The van der Waals surface area contributed by atoms with Crippen molar-refractivity contribution >= 4 is 28.9 Å². The van der Waals surface area contributed by atoms with E-state index in [0.29, 0.717) is 9.90 Å². The van der Waals surface area contributed by atoms with Crippen LogP contribution in [0.1, 0.15) is 16.2 Å². The number of oxazole rings is 1. The standard InChI is InChI=1S/C10H8ClNO4S/c1-15-4-6-7(10(13)14)16-9(12-6)8-5(11)2-3-17-8/h2-3H,4H2,1H3,(H,13,14). The monoisotopic (exact) mass is 273 g/mol. The molecule has 7 heteroatoms. The van der Waals surface area contributed by atoms with Crippen LogP contribution in [0, 0.1) is 0 Å². The molecule has 0 bridgehead atoms. The fourth-order valence-corrected chi connectivity index (χ4v) is 2.36. The van der Waals surface area contributed by atoms with Gasteiger partial charge in [-0.25, -0.2) is 9.78 Å². The highest BCUT2D eigenvalue weighted by Gasteiger charge is 2.21. The van der Waals surface area contributed by atoms with E-state index in [9.17, 15) is 4.79 Å². The topological polar surface area (TPSA) is 72.6 Å². The van der Waals surface area contributed by atoms with E-state index in [0.717, 1.165) is 0 Å². The van der Waals surface area contributed by atoms with Gasteiger partial charge in [-0.15, -0.1) is 11.3 Å². The van der Waals surface area contributed by atoms with Gasteiger partial charge in [-0.1, -0.05) is 11.6 Å². The van der Waals surface area contributed by atoms with Gasteiger partial charge in [0.2, 0.25) is 11.7 Å². The number of hydrogen-bond donors (Lipinski definition) is 1. The third-order valence-corrected chi connectivity index (χ3v) is 3.31. The molecule has 90 valence electrons. The highest BCUT2D eigenvalue weighted by Crippen LogP contribution is 2.33. The molecule has 0 aromatic carbocycles. The maximum atomic E-state index is 10.9. The maximum Gasteiger partial charge on any atom is 0.373 e. The third kappa shape index (κ3) is 2.33. The van der Waals surface area contributed by atoms with Gasteiger partial charge in [0.05, 0.1) is 11.6 Å². The highest BCUT2D eigenvalue weighted by molar-refractivity contribution is 7.14. The van der Waals surface area contributed by atoms with E-state index >= 15 is 0 Å². The summed E-state index contributed by atoms with van der Waals surface area (Å²) in [7, 11) is 1.46. The fourth-order valence-electron chi connectivity index (χ4n) is 1.30. The summed E-state index contributed by atoms with van der Waals surface area (Å²) in [6, 6.07) is 1.70. The van der Waals surface area contributed by atoms with E-state index in [-0.39, 0.29) is 24.0 Å². The number of halogens is 1. The molecular formula is C10H8ClNO4S. The second-order valence-corrected chi connectivity index (χ2v) is 4.45. The second-order valence-electron chi connectivity index (χ2n) is 3.13. The van der Waals surface area contributed by atoms with Crippen LogP contribution in [0.15, 0.2) is 15.9 Å². The molecule has 0 atom stereocenters. The van der Waals surface area contributed by atoms with Gasteiger partial charge >= 0.3 is 5.97 Å². The molecule has 1 N–H and O–H groups in total. The number of rotatable bonds is 4. The summed E-state index contributed by atoms with van der Waals surface area (Å²) in [4.78, 5) is 15.6. The molecule has 2 aromatic heterocycles. The van der Waals surface area contributed by atoms with E-state index < -0.39 is 5.97 Å². The summed E-state index contributed by atoms with van der Waals surface area (Å²) in [5, 5.41) is 11.2. The van der Waals surface area contributed by atoms with Crippen LogP contribution in [-0.2, 0) is 11.3 Å². The van der Waals surface area contributed by atoms with Crippen molar-refractivity contribution in [3.63, 3.8) is 0 Å². The van der Waals surface area contributed by atoms with Gasteiger partial charge < -0.3 is 14.3 Å². The average molecular weight is 274 g/mol. The largest absolute Gasteiger partial charge is 0.475 e. The van der Waals surface area contributed by atoms with Crippen molar-refractivity contribution in [2.75, 3.05) is 7.11 Å². The number of carboxylic acid groups (broad SMARTS) is 1. The van der Waals surface area contributed by atoms with Gasteiger partial charge in [0.15, 0.2) is 0 Å². The number of hydrogen-bond acceptors (Lipinski definition) is 5. The minimum absolute atomic E-state index is 0.0775. The molecule has 5 nitrogen and oxygen atoms in total. The van der Waals surface area contributed by atoms with Crippen molar-refractivity contribution in [3.8, 4) is 10.8 Å². The molecule has 0 spiro atoms. The lowest BCUT2D eigenvalue weighted by Gasteiger charge is -1.92. The molecule has 2 rings (SSSR count). The van der Waals surface area contributed by atoms with Crippen molar-refractivity contribution < 1.29 is 19.1 Å². The first kappa shape index (κ1) is 12.1. The van der Waals surface area contributed by atoms with Gasteiger partial charge in [-0.3, -0.25) is 0 Å². The number of aromatic nitrogens is 1. The molecule has 0 saturated heterocycles. The Hall–Kier alpha value is -1.37. The predicted molar refractivity (Wildman–Crippen MR) is 62.5 cm³/mol. The third-order valence-electron chi connectivity index (χ3n) is 1.98. The summed E-state index contributed by atoms with van der Waals surface area (Å²) >= 11 is 7.26. The van der Waals surface area contributed by atoms with Crippen molar-refractivity contribution in [2.45, 2.75) is 6.61 Å². The normalized spacial score (nSPS) is 10.7. The lowest BCUT2D eigenvalue weighted by molar-refractivity contribution is 0.0656. The number of thiophene rings is 1. The molecule has 0 aliphatic rings. The Labute approximate surface area is 106 Å². The van der Waals surface area contributed by atoms with Gasteiger partial charge in [0, 0.05) is 7.11 Å². The van der Waals surface area contributed by atoms with Gasteiger partial charge in [-0.2, -0.15) is 0 Å². The van der Waals surface area contributed by atoms with E-state index in [1.54, 1.807) is 11.4 Å². The molecular weight excluding hydrogens is 266 g/mol. The first-order chi connectivity index (χ1) is 8.13. The number of ether oxygens (including phenoxy) is 1. The zero-order valence-electron chi connectivity index (χ0n) is 8.77. The molecule has 0 unspecified atom stereocenters. The van der Waals surface area contributed by atoms with Gasteiger partial charge in [0.25, 0.3) is 0 Å². The summed E-state index contributed by atoms with van der Waals surface area (Å²) < 4.78 is 10.1. The Bertz CT molecular complexity index is 548. The van der Waals surface area contributed by atoms with Crippen LogP contribution >= 0.6 is 22.9 Å². The van der Waals surface area contributed by atoms with Crippen molar-refractivity contribution in [3.05, 3.63) is 27.9 Å². The number of carbonyl (C=O) groups is 1. The number of aromatic carboxylic acids is 1.